The predicted octanol–water partition coefficient (Wildman–Crippen LogP) is 7.39. The molecule has 0 fully saturated rings. The van der Waals surface area contributed by atoms with E-state index in [1.165, 1.54) is 0 Å². The molecule has 0 heterocycles. The number of nitrogens with zero attached hydrogens (tertiary/aromatic N) is 1. The van der Waals surface area contributed by atoms with E-state index < -0.39 is 23.8 Å². The molecule has 0 bridgehead atoms. The van der Waals surface area contributed by atoms with Crippen LogP contribution in [0.4, 0.5) is 4.79 Å². The Morgan fingerprint density at radius 2 is 1.48 bits per heavy atom. The van der Waals surface area contributed by atoms with Crippen LogP contribution >= 0.6 is 0 Å². The van der Waals surface area contributed by atoms with Crippen molar-refractivity contribution in [2.75, 3.05) is 6.54 Å². The van der Waals surface area contributed by atoms with E-state index in [0.717, 1.165) is 61.6 Å². The fourth-order valence-corrected chi connectivity index (χ4v) is 5.06. The first kappa shape index (κ1) is 35.5. The molecule has 2 N–H and O–H groups in total. The van der Waals surface area contributed by atoms with Gasteiger partial charge in [0.05, 0.1) is 0 Å². The highest BCUT2D eigenvalue weighted by Crippen LogP contribution is 2.27. The summed E-state index contributed by atoms with van der Waals surface area (Å²) in [5, 5.41) is 6.01. The second-order valence-electron chi connectivity index (χ2n) is 12.8. The molecule has 1 aromatic carbocycles. The summed E-state index contributed by atoms with van der Waals surface area (Å²) in [6.45, 7) is 20.1. The lowest BCUT2D eigenvalue weighted by Crippen LogP contribution is -2.54. The third-order valence-corrected chi connectivity index (χ3v) is 6.71. The smallest absolute Gasteiger partial charge is 0.408 e. The fourth-order valence-electron chi connectivity index (χ4n) is 5.06. The Morgan fingerprint density at radius 1 is 0.875 bits per heavy atom. The molecular formula is C33H57N3O4. The maximum absolute atomic E-state index is 14.4. The van der Waals surface area contributed by atoms with Crippen molar-refractivity contribution in [1.82, 2.24) is 15.5 Å². The Morgan fingerprint density at radius 3 is 2.00 bits per heavy atom. The molecule has 7 nitrogen and oxygen atoms in total. The minimum atomic E-state index is -0.806. The fraction of sp³-hybridized carbons (Fsp3) is 0.727. The van der Waals surface area contributed by atoms with Gasteiger partial charge in [0, 0.05) is 12.6 Å². The first-order chi connectivity index (χ1) is 18.7. The predicted molar refractivity (Wildman–Crippen MR) is 164 cm³/mol. The van der Waals surface area contributed by atoms with Crippen LogP contribution in [-0.4, -0.2) is 47.0 Å². The van der Waals surface area contributed by atoms with Crippen LogP contribution in [0.2, 0.25) is 0 Å². The lowest BCUT2D eigenvalue weighted by atomic mass is 9.96. The summed E-state index contributed by atoms with van der Waals surface area (Å²) in [6, 6.07) is 4.45. The molecule has 0 aliphatic heterocycles. The maximum Gasteiger partial charge on any atom is 0.408 e. The number of amides is 3. The SMILES string of the molecule is CCCCCCCN(C(=O)C(CC(C)C)NC(=O)OC(C)(C)C)C(C(=O)NC(C)CCC)c1cc(C)cc(C)c1. The average molecular weight is 560 g/mol. The van der Waals surface area contributed by atoms with E-state index in [9.17, 15) is 14.4 Å². The van der Waals surface area contributed by atoms with E-state index in [4.69, 9.17) is 4.74 Å². The molecule has 0 aliphatic rings. The van der Waals surface area contributed by atoms with Crippen molar-refractivity contribution in [3.8, 4) is 0 Å². The van der Waals surface area contributed by atoms with Crippen LogP contribution in [0.15, 0.2) is 18.2 Å². The summed E-state index contributed by atoms with van der Waals surface area (Å²) in [5.41, 5.74) is 2.18. The lowest BCUT2D eigenvalue weighted by molar-refractivity contribution is -0.143. The van der Waals surface area contributed by atoms with Crippen molar-refractivity contribution in [2.24, 2.45) is 5.92 Å². The molecule has 0 saturated carbocycles. The van der Waals surface area contributed by atoms with Crippen molar-refractivity contribution in [2.45, 2.75) is 144 Å². The summed E-state index contributed by atoms with van der Waals surface area (Å²) in [6.07, 6.45) is 6.72. The zero-order chi connectivity index (χ0) is 30.5. The molecule has 1 rings (SSSR count). The molecule has 3 atom stereocenters. The molecule has 3 unspecified atom stereocenters. The zero-order valence-electron chi connectivity index (χ0n) is 27.0. The zero-order valence-corrected chi connectivity index (χ0v) is 27.0. The van der Waals surface area contributed by atoms with Crippen LogP contribution in [-0.2, 0) is 14.3 Å². The minimum absolute atomic E-state index is 0.0150. The molecule has 0 aromatic heterocycles. The van der Waals surface area contributed by atoms with Crippen LogP contribution in [0, 0.1) is 19.8 Å². The number of unbranched alkanes of at least 4 members (excludes halogenated alkanes) is 4. The van der Waals surface area contributed by atoms with Crippen molar-refractivity contribution in [3.63, 3.8) is 0 Å². The van der Waals surface area contributed by atoms with Gasteiger partial charge >= 0.3 is 6.09 Å². The van der Waals surface area contributed by atoms with E-state index in [1.54, 1.807) is 25.7 Å². The second kappa shape index (κ2) is 17.3. The number of rotatable bonds is 16. The largest absolute Gasteiger partial charge is 0.444 e. The number of carbonyl (C=O) groups excluding carboxylic acids is 3. The summed E-state index contributed by atoms with van der Waals surface area (Å²) < 4.78 is 5.51. The molecular weight excluding hydrogens is 502 g/mol. The number of aryl methyl sites for hydroxylation is 2. The number of ether oxygens (including phenoxy) is 1. The monoisotopic (exact) mass is 559 g/mol. The highest BCUT2D eigenvalue weighted by atomic mass is 16.6. The highest BCUT2D eigenvalue weighted by Gasteiger charge is 2.36. The van der Waals surface area contributed by atoms with Crippen molar-refractivity contribution in [3.05, 3.63) is 34.9 Å². The number of hydrogen-bond acceptors (Lipinski definition) is 4. The molecule has 228 valence electrons. The van der Waals surface area contributed by atoms with Gasteiger partial charge < -0.3 is 20.3 Å². The van der Waals surface area contributed by atoms with Crippen LogP contribution < -0.4 is 10.6 Å². The van der Waals surface area contributed by atoms with Crippen molar-refractivity contribution in [1.29, 1.82) is 0 Å². The van der Waals surface area contributed by atoms with Gasteiger partial charge in [0.2, 0.25) is 11.8 Å². The van der Waals surface area contributed by atoms with E-state index in [-0.39, 0.29) is 23.8 Å². The normalized spacial score (nSPS) is 13.9. The number of benzene rings is 1. The lowest BCUT2D eigenvalue weighted by Gasteiger charge is -2.36. The summed E-state index contributed by atoms with van der Waals surface area (Å²) in [4.78, 5) is 42.9. The van der Waals surface area contributed by atoms with Crippen molar-refractivity contribution < 1.29 is 19.1 Å². The van der Waals surface area contributed by atoms with Gasteiger partial charge in [-0.2, -0.15) is 0 Å². The summed E-state index contributed by atoms with van der Waals surface area (Å²) in [5.74, 6) is -0.292. The van der Waals surface area contributed by atoms with Crippen LogP contribution in [0.25, 0.3) is 0 Å². The molecule has 0 radical (unpaired) electrons. The van der Waals surface area contributed by atoms with E-state index >= 15 is 0 Å². The third-order valence-electron chi connectivity index (χ3n) is 6.71. The van der Waals surface area contributed by atoms with Gasteiger partial charge in [0.25, 0.3) is 0 Å². The van der Waals surface area contributed by atoms with E-state index in [1.807, 2.05) is 46.8 Å². The van der Waals surface area contributed by atoms with Gasteiger partial charge in [-0.05, 0) is 72.3 Å². The number of nitrogens with one attached hydrogen (secondary N) is 2. The van der Waals surface area contributed by atoms with E-state index in [0.29, 0.717) is 13.0 Å². The maximum atomic E-state index is 14.4. The van der Waals surface area contributed by atoms with Gasteiger partial charge in [0.15, 0.2) is 0 Å². The summed E-state index contributed by atoms with van der Waals surface area (Å²) in [7, 11) is 0. The molecule has 1 aromatic rings. The molecule has 3 amide bonds. The molecule has 0 aliphatic carbocycles. The first-order valence-corrected chi connectivity index (χ1v) is 15.4. The van der Waals surface area contributed by atoms with Gasteiger partial charge in [0.1, 0.15) is 17.7 Å². The Kier molecular flexibility index (Phi) is 15.3. The van der Waals surface area contributed by atoms with E-state index in [2.05, 4.69) is 30.5 Å². The number of carbonyl (C=O) groups is 3. The first-order valence-electron chi connectivity index (χ1n) is 15.4. The molecule has 7 heteroatoms. The number of alkyl carbamates (subject to hydrolysis) is 1. The van der Waals surface area contributed by atoms with Crippen molar-refractivity contribution >= 4 is 17.9 Å². The topological polar surface area (TPSA) is 87.7 Å². The van der Waals surface area contributed by atoms with Gasteiger partial charge in [-0.1, -0.05) is 89.1 Å². The molecule has 0 spiro atoms. The van der Waals surface area contributed by atoms with Crippen LogP contribution in [0.1, 0.15) is 129 Å². The second-order valence-corrected chi connectivity index (χ2v) is 12.8. The third kappa shape index (κ3) is 13.2. The Labute approximate surface area is 244 Å². The molecule has 40 heavy (non-hydrogen) atoms. The van der Waals surface area contributed by atoms with Crippen LogP contribution in [0.3, 0.4) is 0 Å². The molecule has 0 saturated heterocycles. The Bertz CT molecular complexity index is 918. The Balaban J connectivity index is 3.56. The van der Waals surface area contributed by atoms with Gasteiger partial charge in [-0.3, -0.25) is 9.59 Å². The van der Waals surface area contributed by atoms with Gasteiger partial charge in [-0.25, -0.2) is 4.79 Å². The Hall–Kier alpha value is -2.57. The van der Waals surface area contributed by atoms with Gasteiger partial charge in [-0.15, -0.1) is 0 Å². The van der Waals surface area contributed by atoms with Crippen LogP contribution in [0.5, 0.6) is 0 Å². The quantitative estimate of drug-likeness (QED) is 0.207. The standard InChI is InChI=1S/C33H57N3O4/c1-11-13-14-15-16-18-36(31(38)28(19-23(3)4)35-32(39)40-33(8,9)10)29(30(37)34-26(7)17-12-2)27-21-24(5)20-25(6)22-27/h20-23,26,28-29H,11-19H2,1-10H3,(H,34,37)(H,35,39). The summed E-state index contributed by atoms with van der Waals surface area (Å²) >= 11 is 0. The highest BCUT2D eigenvalue weighted by molar-refractivity contribution is 5.92. The minimum Gasteiger partial charge on any atom is -0.444 e. The average Bonchev–Trinajstić information content (AvgIpc) is 2.80. The number of hydrogen-bond donors (Lipinski definition) is 2.